The van der Waals surface area contributed by atoms with Gasteiger partial charge in [0.15, 0.2) is 0 Å². The molecule has 0 fully saturated rings. The molecule has 2 aromatic rings. The van der Waals surface area contributed by atoms with Crippen LogP contribution in [0.25, 0.3) is 0 Å². The smallest absolute Gasteiger partial charge is 0.222 e. The van der Waals surface area contributed by atoms with Crippen LogP contribution in [0.15, 0.2) is 30.7 Å². The van der Waals surface area contributed by atoms with Crippen LogP contribution in [0, 0.1) is 6.92 Å². The molecule has 100 valence electrons. The monoisotopic (exact) mass is 277 g/mol. The van der Waals surface area contributed by atoms with Crippen LogP contribution in [-0.4, -0.2) is 16.5 Å². The third kappa shape index (κ3) is 3.91. The van der Waals surface area contributed by atoms with Gasteiger partial charge in [-0.15, -0.1) is 0 Å². The van der Waals surface area contributed by atoms with Crippen molar-refractivity contribution in [3.8, 4) is 11.6 Å². The number of aryl methyl sites for hydroxylation is 1. The van der Waals surface area contributed by atoms with Crippen molar-refractivity contribution in [2.45, 2.75) is 20.4 Å². The van der Waals surface area contributed by atoms with Gasteiger partial charge in [0.2, 0.25) is 5.88 Å². The fourth-order valence-corrected chi connectivity index (χ4v) is 1.82. The molecule has 0 bridgehead atoms. The Bertz CT molecular complexity index is 560. The van der Waals surface area contributed by atoms with Crippen LogP contribution in [0.2, 0.25) is 5.02 Å². The first-order chi connectivity index (χ1) is 9.19. The minimum absolute atomic E-state index is 0.541. The number of nitrogens with one attached hydrogen (secondary N) is 1. The molecule has 0 amide bonds. The molecule has 0 atom stereocenters. The first kappa shape index (κ1) is 13.8. The summed E-state index contributed by atoms with van der Waals surface area (Å²) < 4.78 is 5.67. The van der Waals surface area contributed by atoms with Crippen LogP contribution in [-0.2, 0) is 6.54 Å². The van der Waals surface area contributed by atoms with Crippen molar-refractivity contribution >= 4 is 11.6 Å². The largest absolute Gasteiger partial charge is 0.437 e. The molecular weight excluding hydrogens is 262 g/mol. The second-order valence-corrected chi connectivity index (χ2v) is 4.62. The lowest BCUT2D eigenvalue weighted by Gasteiger charge is -2.09. The third-order valence-electron chi connectivity index (χ3n) is 2.56. The van der Waals surface area contributed by atoms with Gasteiger partial charge in [-0.2, -0.15) is 0 Å². The van der Waals surface area contributed by atoms with Gasteiger partial charge >= 0.3 is 0 Å². The molecule has 2 aromatic heterocycles. The number of aromatic nitrogens is 2. The predicted molar refractivity (Wildman–Crippen MR) is 75.7 cm³/mol. The maximum Gasteiger partial charge on any atom is 0.222 e. The number of rotatable bonds is 5. The lowest BCUT2D eigenvalue weighted by molar-refractivity contribution is 0.456. The van der Waals surface area contributed by atoms with E-state index in [9.17, 15) is 0 Å². The van der Waals surface area contributed by atoms with Gasteiger partial charge in [0, 0.05) is 30.6 Å². The highest BCUT2D eigenvalue weighted by Gasteiger charge is 2.05. The summed E-state index contributed by atoms with van der Waals surface area (Å²) in [5.74, 6) is 1.16. The highest BCUT2D eigenvalue weighted by Crippen LogP contribution is 2.24. The fourth-order valence-electron chi connectivity index (χ4n) is 1.65. The molecule has 0 saturated heterocycles. The topological polar surface area (TPSA) is 47.0 Å². The van der Waals surface area contributed by atoms with Gasteiger partial charge in [0.25, 0.3) is 0 Å². The predicted octanol–water partition coefficient (Wildman–Crippen LogP) is 3.34. The van der Waals surface area contributed by atoms with Crippen molar-refractivity contribution in [1.29, 1.82) is 0 Å². The molecular formula is C14H16ClN3O. The van der Waals surface area contributed by atoms with Crippen molar-refractivity contribution in [3.63, 3.8) is 0 Å². The van der Waals surface area contributed by atoms with E-state index in [1.807, 2.05) is 13.1 Å². The van der Waals surface area contributed by atoms with E-state index in [0.717, 1.165) is 24.2 Å². The molecule has 0 radical (unpaired) electrons. The summed E-state index contributed by atoms with van der Waals surface area (Å²) in [4.78, 5) is 8.30. The maximum absolute atomic E-state index is 5.86. The van der Waals surface area contributed by atoms with Crippen molar-refractivity contribution < 1.29 is 4.74 Å². The summed E-state index contributed by atoms with van der Waals surface area (Å²) in [5.41, 5.74) is 2.12. The van der Waals surface area contributed by atoms with E-state index in [1.54, 1.807) is 18.5 Å². The Morgan fingerprint density at radius 3 is 2.79 bits per heavy atom. The van der Waals surface area contributed by atoms with Gasteiger partial charge in [0.05, 0.1) is 11.2 Å². The van der Waals surface area contributed by atoms with Crippen LogP contribution in [0.1, 0.15) is 18.1 Å². The second-order valence-electron chi connectivity index (χ2n) is 4.19. The van der Waals surface area contributed by atoms with Crippen molar-refractivity contribution in [3.05, 3.63) is 46.9 Å². The highest BCUT2D eigenvalue weighted by atomic mass is 35.5. The van der Waals surface area contributed by atoms with E-state index < -0.39 is 0 Å². The van der Waals surface area contributed by atoms with Crippen LogP contribution in [0.3, 0.4) is 0 Å². The van der Waals surface area contributed by atoms with E-state index in [1.165, 1.54) is 0 Å². The average Bonchev–Trinajstić information content (AvgIpc) is 2.39. The van der Waals surface area contributed by atoms with E-state index in [4.69, 9.17) is 16.3 Å². The molecule has 19 heavy (non-hydrogen) atoms. The number of pyridine rings is 2. The Kier molecular flexibility index (Phi) is 4.71. The second kappa shape index (κ2) is 6.50. The molecule has 2 heterocycles. The van der Waals surface area contributed by atoms with Crippen LogP contribution in [0.4, 0.5) is 0 Å². The lowest BCUT2D eigenvalue weighted by atomic mass is 10.2. The van der Waals surface area contributed by atoms with Gasteiger partial charge in [-0.25, -0.2) is 4.98 Å². The van der Waals surface area contributed by atoms with Gasteiger partial charge in [-0.05, 0) is 25.1 Å². The normalized spacial score (nSPS) is 10.5. The van der Waals surface area contributed by atoms with Gasteiger partial charge in [-0.3, -0.25) is 4.98 Å². The van der Waals surface area contributed by atoms with E-state index in [0.29, 0.717) is 16.7 Å². The lowest BCUT2D eigenvalue weighted by Crippen LogP contribution is -2.12. The zero-order valence-corrected chi connectivity index (χ0v) is 11.7. The van der Waals surface area contributed by atoms with Gasteiger partial charge in [0.1, 0.15) is 5.75 Å². The molecule has 4 nitrogen and oxygen atoms in total. The summed E-state index contributed by atoms with van der Waals surface area (Å²) >= 11 is 5.86. The number of nitrogens with zero attached hydrogens (tertiary/aromatic N) is 2. The molecule has 0 aromatic carbocycles. The van der Waals surface area contributed by atoms with Crippen LogP contribution in [0.5, 0.6) is 11.6 Å². The van der Waals surface area contributed by atoms with E-state index >= 15 is 0 Å². The minimum Gasteiger partial charge on any atom is -0.437 e. The maximum atomic E-state index is 5.86. The van der Waals surface area contributed by atoms with Crippen LogP contribution < -0.4 is 10.1 Å². The number of halogens is 1. The SMILES string of the molecule is CCNCc1cnc(Oc2cncc(Cl)c2)c(C)c1. The number of ether oxygens (including phenoxy) is 1. The quantitative estimate of drug-likeness (QED) is 0.910. The zero-order valence-electron chi connectivity index (χ0n) is 11.0. The summed E-state index contributed by atoms with van der Waals surface area (Å²) in [7, 11) is 0. The zero-order chi connectivity index (χ0) is 13.7. The highest BCUT2D eigenvalue weighted by molar-refractivity contribution is 6.30. The Labute approximate surface area is 117 Å². The molecule has 0 aliphatic rings. The summed E-state index contributed by atoms with van der Waals surface area (Å²) in [6, 6.07) is 3.77. The van der Waals surface area contributed by atoms with Crippen molar-refractivity contribution in [2.24, 2.45) is 0 Å². The molecule has 1 N–H and O–H groups in total. The number of hydrogen-bond acceptors (Lipinski definition) is 4. The van der Waals surface area contributed by atoms with E-state index in [2.05, 4.69) is 28.3 Å². The third-order valence-corrected chi connectivity index (χ3v) is 2.77. The Hall–Kier alpha value is -1.65. The fraction of sp³-hybridized carbons (Fsp3) is 0.286. The number of hydrogen-bond donors (Lipinski definition) is 1. The Morgan fingerprint density at radius 2 is 2.11 bits per heavy atom. The summed E-state index contributed by atoms with van der Waals surface area (Å²) in [6.07, 6.45) is 4.98. The molecule has 5 heteroatoms. The average molecular weight is 278 g/mol. The standard InChI is InChI=1S/C14H16ClN3O/c1-3-16-6-11-4-10(2)14(18-7-11)19-13-5-12(15)8-17-9-13/h4-5,7-9,16H,3,6H2,1-2H3. The summed E-state index contributed by atoms with van der Waals surface area (Å²) in [5, 5.41) is 3.80. The van der Waals surface area contributed by atoms with Gasteiger partial charge < -0.3 is 10.1 Å². The van der Waals surface area contributed by atoms with Crippen LogP contribution >= 0.6 is 11.6 Å². The molecule has 2 rings (SSSR count). The molecule has 0 spiro atoms. The first-order valence-corrected chi connectivity index (χ1v) is 6.51. The first-order valence-electron chi connectivity index (χ1n) is 6.13. The summed E-state index contributed by atoms with van der Waals surface area (Å²) in [6.45, 7) is 5.79. The van der Waals surface area contributed by atoms with Crippen molar-refractivity contribution in [1.82, 2.24) is 15.3 Å². The molecule has 0 unspecified atom stereocenters. The molecule has 0 saturated carbocycles. The Morgan fingerprint density at radius 1 is 1.26 bits per heavy atom. The molecule has 0 aliphatic carbocycles. The Balaban J connectivity index is 2.13. The molecule has 0 aliphatic heterocycles. The van der Waals surface area contributed by atoms with Gasteiger partial charge in [-0.1, -0.05) is 18.5 Å². The van der Waals surface area contributed by atoms with Crippen molar-refractivity contribution in [2.75, 3.05) is 6.54 Å². The minimum atomic E-state index is 0.541. The van der Waals surface area contributed by atoms with E-state index in [-0.39, 0.29) is 0 Å².